The normalized spacial score (nSPS) is 15.0. The molecule has 0 spiro atoms. The number of hydrogen-bond acceptors (Lipinski definition) is 4. The zero-order chi connectivity index (χ0) is 21.4. The van der Waals surface area contributed by atoms with Crippen LogP contribution in [0.5, 0.6) is 0 Å². The number of aromatic nitrogens is 4. The van der Waals surface area contributed by atoms with Crippen LogP contribution < -0.4 is 5.32 Å². The molecule has 14 heteroatoms. The summed E-state index contributed by atoms with van der Waals surface area (Å²) in [6.07, 6.45) is -5.33. The molecule has 160 valence electrons. The molecule has 1 saturated carbocycles. The zero-order valence-electron chi connectivity index (χ0n) is 14.5. The molecule has 0 saturated heterocycles. The molecule has 1 amide bonds. The monoisotopic (exact) mass is 489 g/mol. The SMILES string of the molecule is O=C(Cn1nc(C(F)(F)F)c(Br)c1C1CC1)Nc1cnn(COCC(F)(F)F)c1. The fourth-order valence-electron chi connectivity index (χ4n) is 2.59. The molecule has 0 aromatic carbocycles. The number of rotatable bonds is 7. The standard InChI is InChI=1S/C15H14BrF6N5O2/c16-11-12(8-1-2-8)27(25-13(11)15(20,21)22)5-10(28)24-9-3-23-26(4-9)7-29-6-14(17,18)19/h3-4,8H,1-2,5-7H2,(H,24,28). The van der Waals surface area contributed by atoms with Crippen LogP contribution in [0.25, 0.3) is 0 Å². The van der Waals surface area contributed by atoms with E-state index in [1.807, 2.05) is 0 Å². The molecule has 3 rings (SSSR count). The van der Waals surface area contributed by atoms with E-state index in [1.54, 1.807) is 0 Å². The minimum atomic E-state index is -4.66. The zero-order valence-corrected chi connectivity index (χ0v) is 16.1. The van der Waals surface area contributed by atoms with Gasteiger partial charge in [-0.15, -0.1) is 0 Å². The van der Waals surface area contributed by atoms with Crippen molar-refractivity contribution in [1.29, 1.82) is 0 Å². The number of carbonyl (C=O) groups is 1. The minimum absolute atomic E-state index is 0.102. The third-order valence-electron chi connectivity index (χ3n) is 3.86. The number of anilines is 1. The van der Waals surface area contributed by atoms with Gasteiger partial charge in [0.25, 0.3) is 0 Å². The number of hydrogen-bond donors (Lipinski definition) is 1. The Hall–Kier alpha value is -2.09. The molecule has 2 aromatic rings. The first-order chi connectivity index (χ1) is 13.4. The molecule has 2 heterocycles. The lowest BCUT2D eigenvalue weighted by Crippen LogP contribution is -2.21. The summed E-state index contributed by atoms with van der Waals surface area (Å²) < 4.78 is 81.7. The average molecular weight is 490 g/mol. The molecule has 0 atom stereocenters. The Morgan fingerprint density at radius 1 is 1.28 bits per heavy atom. The van der Waals surface area contributed by atoms with Crippen molar-refractivity contribution in [1.82, 2.24) is 19.6 Å². The van der Waals surface area contributed by atoms with Gasteiger partial charge in [0.2, 0.25) is 5.91 Å². The summed E-state index contributed by atoms with van der Waals surface area (Å²) in [5.74, 6) is -0.763. The number of alkyl halides is 6. The Morgan fingerprint density at radius 3 is 2.55 bits per heavy atom. The first-order valence-corrected chi connectivity index (χ1v) is 9.03. The highest BCUT2D eigenvalue weighted by Crippen LogP contribution is 2.46. The van der Waals surface area contributed by atoms with Crippen LogP contribution >= 0.6 is 15.9 Å². The second-order valence-corrected chi connectivity index (χ2v) is 7.18. The van der Waals surface area contributed by atoms with Crippen LogP contribution in [0.3, 0.4) is 0 Å². The summed E-state index contributed by atoms with van der Waals surface area (Å²) in [5.41, 5.74) is -0.633. The van der Waals surface area contributed by atoms with Gasteiger partial charge in [0.15, 0.2) is 5.69 Å². The van der Waals surface area contributed by atoms with Gasteiger partial charge in [-0.2, -0.15) is 36.5 Å². The van der Waals surface area contributed by atoms with Gasteiger partial charge in [-0.1, -0.05) is 0 Å². The molecule has 29 heavy (non-hydrogen) atoms. The second-order valence-electron chi connectivity index (χ2n) is 6.39. The topological polar surface area (TPSA) is 74.0 Å². The second kappa shape index (κ2) is 7.97. The van der Waals surface area contributed by atoms with Crippen LogP contribution in [-0.2, 0) is 29.0 Å². The maximum absolute atomic E-state index is 13.1. The molecule has 0 unspecified atom stereocenters. The van der Waals surface area contributed by atoms with Gasteiger partial charge in [0.05, 0.1) is 28.2 Å². The summed E-state index contributed by atoms with van der Waals surface area (Å²) >= 11 is 2.93. The van der Waals surface area contributed by atoms with Crippen molar-refractivity contribution < 1.29 is 35.9 Å². The number of halogens is 7. The maximum Gasteiger partial charge on any atom is 0.436 e. The summed E-state index contributed by atoms with van der Waals surface area (Å²) in [6, 6.07) is 0. The van der Waals surface area contributed by atoms with Crippen molar-refractivity contribution in [3.63, 3.8) is 0 Å². The molecule has 7 nitrogen and oxygen atoms in total. The highest BCUT2D eigenvalue weighted by molar-refractivity contribution is 9.10. The molecule has 1 aliphatic carbocycles. The number of amides is 1. The summed E-state index contributed by atoms with van der Waals surface area (Å²) in [6.45, 7) is -2.40. The molecular formula is C15H14BrF6N5O2. The quantitative estimate of drug-likeness (QED) is 0.598. The van der Waals surface area contributed by atoms with Crippen molar-refractivity contribution in [2.75, 3.05) is 11.9 Å². The van der Waals surface area contributed by atoms with Crippen LogP contribution in [0.15, 0.2) is 16.9 Å². The Labute approximate surface area is 168 Å². The summed E-state index contributed by atoms with van der Waals surface area (Å²) in [5, 5.41) is 9.68. The molecule has 2 aromatic heterocycles. The van der Waals surface area contributed by atoms with Crippen molar-refractivity contribution in [2.45, 2.75) is 44.4 Å². The Balaban J connectivity index is 1.63. The maximum atomic E-state index is 13.1. The fraction of sp³-hybridized carbons (Fsp3) is 0.533. The van der Waals surface area contributed by atoms with Crippen LogP contribution in [0.1, 0.15) is 30.1 Å². The van der Waals surface area contributed by atoms with E-state index in [0.717, 1.165) is 9.36 Å². The minimum Gasteiger partial charge on any atom is -0.350 e. The lowest BCUT2D eigenvalue weighted by Gasteiger charge is -2.08. The van der Waals surface area contributed by atoms with Gasteiger partial charge in [0.1, 0.15) is 19.9 Å². The fourth-order valence-corrected chi connectivity index (χ4v) is 3.42. The van der Waals surface area contributed by atoms with Gasteiger partial charge >= 0.3 is 12.4 Å². The lowest BCUT2D eigenvalue weighted by atomic mass is 10.2. The van der Waals surface area contributed by atoms with Gasteiger partial charge in [0, 0.05) is 5.92 Å². The molecule has 1 N–H and O–H groups in total. The van der Waals surface area contributed by atoms with Crippen molar-refractivity contribution in [3.8, 4) is 0 Å². The first kappa shape index (κ1) is 21.6. The van der Waals surface area contributed by atoms with Crippen LogP contribution in [0.2, 0.25) is 0 Å². The van der Waals surface area contributed by atoms with Gasteiger partial charge in [-0.05, 0) is 28.8 Å². The Bertz CT molecular complexity index is 887. The van der Waals surface area contributed by atoms with Crippen LogP contribution in [-0.4, -0.2) is 38.3 Å². The largest absolute Gasteiger partial charge is 0.436 e. The van der Waals surface area contributed by atoms with Crippen molar-refractivity contribution >= 4 is 27.5 Å². The Kier molecular flexibility index (Phi) is 5.94. The Morgan fingerprint density at radius 2 is 1.97 bits per heavy atom. The molecule has 0 radical (unpaired) electrons. The van der Waals surface area contributed by atoms with E-state index in [0.29, 0.717) is 18.5 Å². The van der Waals surface area contributed by atoms with Gasteiger partial charge in [-0.25, -0.2) is 4.68 Å². The number of nitrogens with one attached hydrogen (secondary N) is 1. The third kappa shape index (κ3) is 5.72. The van der Waals surface area contributed by atoms with Gasteiger partial charge < -0.3 is 10.1 Å². The first-order valence-electron chi connectivity index (χ1n) is 8.24. The van der Waals surface area contributed by atoms with E-state index >= 15 is 0 Å². The summed E-state index contributed by atoms with van der Waals surface area (Å²) in [4.78, 5) is 12.2. The predicted molar refractivity (Wildman–Crippen MR) is 89.8 cm³/mol. The predicted octanol–water partition coefficient (Wildman–Crippen LogP) is 3.91. The van der Waals surface area contributed by atoms with E-state index in [-0.39, 0.29) is 16.1 Å². The number of nitrogens with zero attached hydrogens (tertiary/aromatic N) is 4. The van der Waals surface area contributed by atoms with E-state index in [1.165, 1.54) is 12.4 Å². The van der Waals surface area contributed by atoms with E-state index < -0.39 is 43.8 Å². The van der Waals surface area contributed by atoms with Crippen molar-refractivity contribution in [2.24, 2.45) is 0 Å². The van der Waals surface area contributed by atoms with E-state index in [2.05, 4.69) is 36.2 Å². The van der Waals surface area contributed by atoms with Crippen LogP contribution in [0.4, 0.5) is 32.0 Å². The van der Waals surface area contributed by atoms with Gasteiger partial charge in [-0.3, -0.25) is 9.48 Å². The highest BCUT2D eigenvalue weighted by Gasteiger charge is 2.42. The molecule has 0 bridgehead atoms. The number of carbonyl (C=O) groups excluding carboxylic acids is 1. The smallest absolute Gasteiger partial charge is 0.350 e. The summed E-state index contributed by atoms with van der Waals surface area (Å²) in [7, 11) is 0. The highest BCUT2D eigenvalue weighted by atomic mass is 79.9. The van der Waals surface area contributed by atoms with Crippen molar-refractivity contribution in [3.05, 3.63) is 28.3 Å². The molecule has 0 aliphatic heterocycles. The lowest BCUT2D eigenvalue weighted by molar-refractivity contribution is -0.182. The van der Waals surface area contributed by atoms with E-state index in [9.17, 15) is 31.1 Å². The van der Waals surface area contributed by atoms with Crippen LogP contribution in [0, 0.1) is 0 Å². The molecule has 1 fully saturated rings. The molecule has 1 aliphatic rings. The average Bonchev–Trinajstić information content (AvgIpc) is 3.21. The van der Waals surface area contributed by atoms with E-state index in [4.69, 9.17) is 0 Å². The third-order valence-corrected chi connectivity index (χ3v) is 4.65. The number of ether oxygens (including phenoxy) is 1. The molecular weight excluding hydrogens is 476 g/mol.